The zero-order chi connectivity index (χ0) is 27.2. The van der Waals surface area contributed by atoms with Crippen LogP contribution in [0.25, 0.3) is 11.6 Å². The van der Waals surface area contributed by atoms with Crippen molar-refractivity contribution in [1.29, 1.82) is 0 Å². The first kappa shape index (κ1) is 27.3. The number of rotatable bonds is 10. The second-order valence-electron chi connectivity index (χ2n) is 9.00. The van der Waals surface area contributed by atoms with Gasteiger partial charge in [0.05, 0.1) is 22.6 Å². The Morgan fingerprint density at radius 2 is 2.08 bits per heavy atom. The first-order chi connectivity index (χ1) is 18.3. The summed E-state index contributed by atoms with van der Waals surface area (Å²) in [6.07, 6.45) is 8.12. The number of halogens is 2. The molecule has 1 aliphatic carbocycles. The van der Waals surface area contributed by atoms with Crippen LogP contribution in [0.2, 0.25) is 0 Å². The van der Waals surface area contributed by atoms with Gasteiger partial charge in [0.1, 0.15) is 23.8 Å². The smallest absolute Gasteiger partial charge is 0.257 e. The molecule has 0 saturated carbocycles. The fourth-order valence-corrected chi connectivity index (χ4v) is 4.51. The van der Waals surface area contributed by atoms with Crippen molar-refractivity contribution in [3.63, 3.8) is 0 Å². The molecule has 0 saturated heterocycles. The van der Waals surface area contributed by atoms with Crippen molar-refractivity contribution in [2.75, 3.05) is 36.8 Å². The zero-order valence-corrected chi connectivity index (χ0v) is 22.4. The van der Waals surface area contributed by atoms with Gasteiger partial charge < -0.3 is 25.8 Å². The molecule has 9 nitrogen and oxygen atoms in total. The number of anilines is 2. The standard InChI is InChI=1S/C27H31ClFN7O2/c1-4-36(5-2)10-9-30-23(37)13-18-11-16(3)22(33-18)14-19-24-25(31-15-32-26(24)35-27(19)38)34-17-7-6-8-21(29)20(28)12-17/h6,8,11-12,14-15,33H,4-5,7,9-10,13H2,1-3H3,(H,30,37)(H2,31,32,34,35,38)/b19-14-. The average Bonchev–Trinajstić information content (AvgIpc) is 3.34. The molecule has 0 bridgehead atoms. The van der Waals surface area contributed by atoms with E-state index in [4.69, 9.17) is 11.6 Å². The minimum absolute atomic E-state index is 0.0245. The van der Waals surface area contributed by atoms with E-state index < -0.39 is 5.83 Å². The summed E-state index contributed by atoms with van der Waals surface area (Å²) in [4.78, 5) is 39.4. The molecule has 0 spiro atoms. The third kappa shape index (κ3) is 6.38. The number of carbonyl (C=O) groups excluding carboxylic acids is 2. The monoisotopic (exact) mass is 539 g/mol. The quantitative estimate of drug-likeness (QED) is 0.335. The Balaban J connectivity index is 1.53. The number of hydrogen-bond donors (Lipinski definition) is 4. The molecule has 0 radical (unpaired) electrons. The maximum Gasteiger partial charge on any atom is 0.257 e. The van der Waals surface area contributed by atoms with Gasteiger partial charge in [-0.1, -0.05) is 31.5 Å². The highest BCUT2D eigenvalue weighted by Gasteiger charge is 2.30. The lowest BCUT2D eigenvalue weighted by molar-refractivity contribution is -0.120. The molecule has 0 atom stereocenters. The molecule has 200 valence electrons. The number of likely N-dealkylation sites (N-methyl/N-ethyl adjacent to an activating group) is 1. The van der Waals surface area contributed by atoms with E-state index >= 15 is 0 Å². The van der Waals surface area contributed by atoms with Gasteiger partial charge in [0.15, 0.2) is 0 Å². The largest absolute Gasteiger partial charge is 0.358 e. The van der Waals surface area contributed by atoms with Crippen molar-refractivity contribution in [2.45, 2.75) is 33.6 Å². The Bertz CT molecular complexity index is 1360. The molecule has 3 heterocycles. The fraction of sp³-hybridized carbons (Fsp3) is 0.333. The number of fused-ring (bicyclic) bond motifs is 1. The number of aryl methyl sites for hydroxylation is 1. The summed E-state index contributed by atoms with van der Waals surface area (Å²) in [5, 5.41) is 8.86. The number of aromatic nitrogens is 3. The van der Waals surface area contributed by atoms with Crippen molar-refractivity contribution < 1.29 is 14.0 Å². The molecule has 2 aromatic heterocycles. The van der Waals surface area contributed by atoms with E-state index in [1.54, 1.807) is 12.2 Å². The summed E-state index contributed by atoms with van der Waals surface area (Å²) in [5.41, 5.74) is 3.81. The Hall–Kier alpha value is -3.76. The van der Waals surface area contributed by atoms with Gasteiger partial charge in [-0.15, -0.1) is 0 Å². The number of H-pyrrole nitrogens is 1. The van der Waals surface area contributed by atoms with Crippen molar-refractivity contribution in [3.05, 3.63) is 69.7 Å². The van der Waals surface area contributed by atoms with Gasteiger partial charge in [0, 0.05) is 36.6 Å². The fourth-order valence-electron chi connectivity index (χ4n) is 4.31. The molecule has 0 fully saturated rings. The van der Waals surface area contributed by atoms with Crippen LogP contribution in [0.1, 0.15) is 42.8 Å². The topological polar surface area (TPSA) is 115 Å². The second kappa shape index (κ2) is 12.2. The van der Waals surface area contributed by atoms with Gasteiger partial charge in [-0.05, 0) is 49.9 Å². The molecule has 38 heavy (non-hydrogen) atoms. The number of nitrogens with one attached hydrogen (secondary N) is 4. The summed E-state index contributed by atoms with van der Waals surface area (Å²) in [5.74, 6) is -0.163. The maximum atomic E-state index is 13.8. The first-order valence-electron chi connectivity index (χ1n) is 12.5. The number of carbonyl (C=O) groups is 2. The number of nitrogens with zero attached hydrogens (tertiary/aromatic N) is 3. The van der Waals surface area contributed by atoms with Gasteiger partial charge >= 0.3 is 0 Å². The van der Waals surface area contributed by atoms with Gasteiger partial charge in [0.25, 0.3) is 5.91 Å². The third-order valence-electron chi connectivity index (χ3n) is 6.40. The SMILES string of the molecule is CCN(CC)CCNC(=O)Cc1cc(C)c(/C=C2\C(=O)Nc3ncnc(NC4=CC(Cl)=C(F)C=CC4)c32)[nH]1. The van der Waals surface area contributed by atoms with Crippen molar-refractivity contribution >= 4 is 46.7 Å². The van der Waals surface area contributed by atoms with E-state index in [9.17, 15) is 14.0 Å². The molecule has 4 rings (SSSR count). The Morgan fingerprint density at radius 1 is 1.29 bits per heavy atom. The van der Waals surface area contributed by atoms with E-state index in [-0.39, 0.29) is 23.3 Å². The number of amides is 2. The summed E-state index contributed by atoms with van der Waals surface area (Å²) >= 11 is 6.01. The van der Waals surface area contributed by atoms with E-state index in [1.165, 1.54) is 18.5 Å². The van der Waals surface area contributed by atoms with Crippen LogP contribution in [0, 0.1) is 6.92 Å². The van der Waals surface area contributed by atoms with E-state index in [0.29, 0.717) is 47.1 Å². The molecule has 0 aromatic carbocycles. The highest BCUT2D eigenvalue weighted by Crippen LogP contribution is 2.37. The first-order valence-corrected chi connectivity index (χ1v) is 12.9. The van der Waals surface area contributed by atoms with Gasteiger partial charge in [-0.2, -0.15) is 0 Å². The van der Waals surface area contributed by atoms with E-state index in [2.05, 4.69) is 49.6 Å². The van der Waals surface area contributed by atoms with Crippen molar-refractivity contribution in [3.8, 4) is 0 Å². The minimum atomic E-state index is -0.524. The Morgan fingerprint density at radius 3 is 2.84 bits per heavy atom. The average molecular weight is 540 g/mol. The van der Waals surface area contributed by atoms with Crippen LogP contribution < -0.4 is 16.0 Å². The number of allylic oxidation sites excluding steroid dienone is 5. The van der Waals surface area contributed by atoms with Gasteiger partial charge in [-0.25, -0.2) is 14.4 Å². The van der Waals surface area contributed by atoms with Crippen LogP contribution in [-0.2, 0) is 16.0 Å². The summed E-state index contributed by atoms with van der Waals surface area (Å²) in [6.45, 7) is 9.37. The highest BCUT2D eigenvalue weighted by atomic mass is 35.5. The van der Waals surface area contributed by atoms with E-state index in [0.717, 1.165) is 30.9 Å². The number of aromatic amines is 1. The summed E-state index contributed by atoms with van der Waals surface area (Å²) < 4.78 is 13.8. The van der Waals surface area contributed by atoms with Crippen LogP contribution >= 0.6 is 11.6 Å². The third-order valence-corrected chi connectivity index (χ3v) is 6.69. The van der Waals surface area contributed by atoms with Crippen LogP contribution in [0.4, 0.5) is 16.0 Å². The highest BCUT2D eigenvalue weighted by molar-refractivity contribution is 6.35. The predicted molar refractivity (Wildman–Crippen MR) is 148 cm³/mol. The molecular formula is C27H31ClFN7O2. The molecule has 0 unspecified atom stereocenters. The Labute approximate surface area is 226 Å². The summed E-state index contributed by atoms with van der Waals surface area (Å²) in [6, 6.07) is 1.90. The molecule has 4 N–H and O–H groups in total. The van der Waals surface area contributed by atoms with Gasteiger partial charge in [0.2, 0.25) is 5.91 Å². The lowest BCUT2D eigenvalue weighted by Gasteiger charge is -2.17. The lowest BCUT2D eigenvalue weighted by atomic mass is 10.1. The second-order valence-corrected chi connectivity index (χ2v) is 9.41. The van der Waals surface area contributed by atoms with Crippen LogP contribution in [0.15, 0.2) is 47.2 Å². The van der Waals surface area contributed by atoms with Crippen molar-refractivity contribution in [1.82, 2.24) is 25.2 Å². The van der Waals surface area contributed by atoms with Crippen LogP contribution in [0.3, 0.4) is 0 Å². The summed E-state index contributed by atoms with van der Waals surface area (Å²) in [7, 11) is 0. The number of hydrogen-bond acceptors (Lipinski definition) is 6. The molecule has 2 aliphatic rings. The normalized spacial score (nSPS) is 16.0. The minimum Gasteiger partial charge on any atom is -0.358 e. The van der Waals surface area contributed by atoms with E-state index in [1.807, 2.05) is 13.0 Å². The molecule has 2 amide bonds. The predicted octanol–water partition coefficient (Wildman–Crippen LogP) is 4.28. The molecular weight excluding hydrogens is 509 g/mol. The molecule has 11 heteroatoms. The molecule has 2 aromatic rings. The van der Waals surface area contributed by atoms with Crippen LogP contribution in [-0.4, -0.2) is 57.8 Å². The molecule has 1 aliphatic heterocycles. The Kier molecular flexibility index (Phi) is 8.75. The maximum absolute atomic E-state index is 13.8. The lowest BCUT2D eigenvalue weighted by Crippen LogP contribution is -2.35. The van der Waals surface area contributed by atoms with Crippen LogP contribution in [0.5, 0.6) is 0 Å². The van der Waals surface area contributed by atoms with Crippen molar-refractivity contribution in [2.24, 2.45) is 0 Å². The van der Waals surface area contributed by atoms with Gasteiger partial charge in [-0.3, -0.25) is 9.59 Å². The zero-order valence-electron chi connectivity index (χ0n) is 21.6.